The van der Waals surface area contributed by atoms with Gasteiger partial charge in [0.15, 0.2) is 0 Å². The quantitative estimate of drug-likeness (QED) is 0.0902. The van der Waals surface area contributed by atoms with Crippen molar-refractivity contribution in [2.24, 2.45) is 36.6 Å². The van der Waals surface area contributed by atoms with Gasteiger partial charge in [-0.25, -0.2) is 0 Å². The minimum atomic E-state index is -0.681. The standard InChI is InChI=1S/C74H91N4O8.ClH.Zn/c1-49-59(79-43-51-25-17-13-18-26-51)36-61(81-45-53-29-21-15-22-30-53)67(85-49)73(11)41-56-33-55-39-72(10,48-84-70(6,7)8)64(75-55)38-66-74(12,42-58(78-66)34-63-71(9,47-83-69(3,4)5)40-57(76-63)35-65(73)77-56)68-62(82-46-54-31-23-16-24-32-54)37-60(50(2)86-68)80-44-52-27-19-14-20-28-52;;/h13-35,38-39,49-50,59-62,67-68H,36-37,40-48H2,1-12H3;1H;/q-1;;+2/p-1/b56-33-,63-34-,65-35-,66-38-;;/t49-,50-,59-,60-,61-,62-,67-,68-,71?,72?,73-,74-;;/m1../s1. The zero-order chi connectivity index (χ0) is 62.5. The molecule has 4 aromatic carbocycles. The topological polar surface area (TPSA) is 125 Å². The summed E-state index contributed by atoms with van der Waals surface area (Å²) in [6.07, 6.45) is 11.8. The first-order chi connectivity index (χ1) is 42.0. The van der Waals surface area contributed by atoms with E-state index in [1.54, 1.807) is 0 Å². The van der Waals surface area contributed by atoms with Crippen molar-refractivity contribution in [1.29, 1.82) is 0 Å². The van der Waals surface area contributed by atoms with Gasteiger partial charge in [0.05, 0.1) is 128 Å². The van der Waals surface area contributed by atoms with Crippen molar-refractivity contribution in [2.75, 3.05) is 13.2 Å². The van der Waals surface area contributed by atoms with Crippen LogP contribution in [0.5, 0.6) is 0 Å². The molecule has 0 aliphatic carbocycles. The minimum absolute atomic E-state index is 0.197. The zero-order valence-electron chi connectivity index (χ0n) is 54.0. The van der Waals surface area contributed by atoms with Crippen LogP contribution in [0.15, 0.2) is 195 Å². The van der Waals surface area contributed by atoms with Gasteiger partial charge in [0.2, 0.25) is 0 Å². The second-order valence-corrected chi connectivity index (χ2v) is 28.1. The third-order valence-electron chi connectivity index (χ3n) is 18.2. The summed E-state index contributed by atoms with van der Waals surface area (Å²) in [7, 11) is 4.76. The van der Waals surface area contributed by atoms with Gasteiger partial charge in [0.25, 0.3) is 0 Å². The van der Waals surface area contributed by atoms with Crippen LogP contribution < -0.4 is 0 Å². The molecule has 7 heterocycles. The van der Waals surface area contributed by atoms with Crippen LogP contribution in [0.4, 0.5) is 0 Å². The maximum absolute atomic E-state index is 7.38. The van der Waals surface area contributed by atoms with Crippen LogP contribution in [-0.4, -0.2) is 90.4 Å². The predicted molar refractivity (Wildman–Crippen MR) is 348 cm³/mol. The van der Waals surface area contributed by atoms with Crippen molar-refractivity contribution in [3.63, 3.8) is 0 Å². The van der Waals surface area contributed by atoms with Crippen molar-refractivity contribution >= 4 is 26.8 Å². The number of rotatable bonds is 18. The number of aliphatic imine (C=N–C) groups is 3. The van der Waals surface area contributed by atoms with Gasteiger partial charge in [0.1, 0.15) is 0 Å². The second kappa shape index (κ2) is 27.8. The van der Waals surface area contributed by atoms with Gasteiger partial charge in [-0.05, 0) is 109 Å². The molecule has 0 radical (unpaired) electrons. The van der Waals surface area contributed by atoms with Crippen molar-refractivity contribution in [2.45, 2.75) is 202 Å². The summed E-state index contributed by atoms with van der Waals surface area (Å²) in [4.78, 5) is 16.9. The van der Waals surface area contributed by atoms with E-state index < -0.39 is 33.4 Å². The molecule has 464 valence electrons. The molecule has 12 nitrogen and oxygen atoms in total. The van der Waals surface area contributed by atoms with Gasteiger partial charge in [-0.3, -0.25) is 15.0 Å². The fraction of sp³-hybridized carbons (Fsp3) is 0.500. The summed E-state index contributed by atoms with van der Waals surface area (Å²) in [5.41, 5.74) is 8.25. The van der Waals surface area contributed by atoms with Gasteiger partial charge in [0, 0.05) is 53.4 Å². The molecule has 0 spiro atoms. The number of nitrogens with zero attached hydrogens (tertiary/aromatic N) is 4. The van der Waals surface area contributed by atoms with Crippen LogP contribution in [0.1, 0.15) is 137 Å². The number of hydrogen-bond donors (Lipinski definition) is 0. The van der Waals surface area contributed by atoms with Crippen molar-refractivity contribution < 1.29 is 55.2 Å². The van der Waals surface area contributed by atoms with Crippen LogP contribution in [0.25, 0.3) is 5.32 Å². The van der Waals surface area contributed by atoms with Crippen LogP contribution in [0.2, 0.25) is 0 Å². The van der Waals surface area contributed by atoms with E-state index in [9.17, 15) is 0 Å². The maximum atomic E-state index is 7.38. The van der Waals surface area contributed by atoms with E-state index in [1.807, 2.05) is 24.3 Å². The van der Waals surface area contributed by atoms with Crippen molar-refractivity contribution in [3.8, 4) is 0 Å². The number of allylic oxidation sites excluding steroid dienone is 5. The molecule has 8 bridgehead atoms. The molecule has 88 heavy (non-hydrogen) atoms. The average Bonchev–Trinajstić information content (AvgIpc) is 1.74. The van der Waals surface area contributed by atoms with E-state index in [0.29, 0.717) is 71.7 Å². The Morgan fingerprint density at radius 1 is 0.511 bits per heavy atom. The van der Waals surface area contributed by atoms with E-state index in [2.05, 4.69) is 211 Å². The molecule has 7 aliphatic rings. The Hall–Kier alpha value is -5.02. The zero-order valence-corrected chi connectivity index (χ0v) is 57.7. The summed E-state index contributed by atoms with van der Waals surface area (Å²) in [5.74, 6) is 0. The number of fused-ring (bicyclic) bond motifs is 5. The van der Waals surface area contributed by atoms with Gasteiger partial charge in [-0.2, -0.15) is 5.70 Å². The van der Waals surface area contributed by atoms with E-state index in [4.69, 9.17) is 67.9 Å². The Kier molecular flexibility index (Phi) is 20.9. The van der Waals surface area contributed by atoms with Gasteiger partial charge in [-0.1, -0.05) is 154 Å². The summed E-state index contributed by atoms with van der Waals surface area (Å²) in [6.45, 7) is 28.7. The van der Waals surface area contributed by atoms with Crippen molar-refractivity contribution in [1.82, 2.24) is 0 Å². The SMILES string of the molecule is C[C@H]1O[C@@H]([C@]2(C)CC3=NC/2=C\C2=NC(=CC2(C)COC(C)(C)C)/C=C2/C[C@@](C)([C@@H]4O[C@H](C)[C@H](OCc5ccccc5)C[C@H]4OCc4ccccc4)/C(=C/C4=NC(=C\3)/C(C)(COC(C)(C)C)C4)[N-]2)[C@H](OCc2ccccc2)C[C@H]1OCc1ccccc1.[Cl][Zn+]. The Balaban J connectivity index is 0.00000423. The fourth-order valence-corrected chi connectivity index (χ4v) is 13.2. The first-order valence-electron chi connectivity index (χ1n) is 31.6. The molecule has 3 saturated heterocycles. The van der Waals surface area contributed by atoms with Crippen LogP contribution in [0.3, 0.4) is 0 Å². The molecule has 0 aromatic heterocycles. The summed E-state index contributed by atoms with van der Waals surface area (Å²) in [5, 5.41) is 5.64. The van der Waals surface area contributed by atoms with E-state index in [-0.39, 0.29) is 48.3 Å². The second-order valence-electron chi connectivity index (χ2n) is 28.1. The summed E-state index contributed by atoms with van der Waals surface area (Å²) < 4.78 is 55.8. The molecule has 7 aliphatic heterocycles. The molecule has 11 rings (SSSR count). The average molecular weight is 1270 g/mol. The number of benzene rings is 4. The van der Waals surface area contributed by atoms with Crippen molar-refractivity contribution in [3.05, 3.63) is 208 Å². The Morgan fingerprint density at radius 3 is 1.42 bits per heavy atom. The molecule has 0 saturated carbocycles. The number of halogens is 1. The van der Waals surface area contributed by atoms with Gasteiger partial charge >= 0.3 is 27.0 Å². The van der Waals surface area contributed by atoms with Crippen LogP contribution >= 0.6 is 9.69 Å². The molecule has 3 fully saturated rings. The molecular weight excluding hydrogens is 1170 g/mol. The van der Waals surface area contributed by atoms with Gasteiger partial charge < -0.3 is 43.2 Å². The Morgan fingerprint density at radius 2 is 0.943 bits per heavy atom. The normalized spacial score (nSPS) is 33.6. The predicted octanol–water partition coefficient (Wildman–Crippen LogP) is 16.4. The Labute approximate surface area is 538 Å². The third-order valence-corrected chi connectivity index (χ3v) is 18.2. The molecule has 0 N–H and O–H groups in total. The summed E-state index contributed by atoms with van der Waals surface area (Å²) >= 11 is 0.847. The molecule has 14 heteroatoms. The first kappa shape index (κ1) is 65.9. The molecule has 4 aromatic rings. The number of hydrogen-bond acceptors (Lipinski definition) is 11. The van der Waals surface area contributed by atoms with E-state index in [1.165, 1.54) is 0 Å². The molecule has 0 amide bonds. The fourth-order valence-electron chi connectivity index (χ4n) is 13.2. The van der Waals surface area contributed by atoms with E-state index in [0.717, 1.165) is 85.2 Å². The van der Waals surface area contributed by atoms with E-state index >= 15 is 0 Å². The Bertz CT molecular complexity index is 3300. The third kappa shape index (κ3) is 15.8. The molecular formula is C74H91ClN4O8Zn. The monoisotopic (exact) mass is 1260 g/mol. The summed E-state index contributed by atoms with van der Waals surface area (Å²) in [6, 6.07) is 41.5. The molecule has 2 unspecified atom stereocenters. The van der Waals surface area contributed by atoms with Crippen LogP contribution in [0, 0.1) is 21.7 Å². The van der Waals surface area contributed by atoms with Gasteiger partial charge in [-0.15, -0.1) is 5.70 Å². The number of ether oxygens (including phenoxy) is 8. The van der Waals surface area contributed by atoms with Crippen LogP contribution in [-0.2, 0) is 81.6 Å². The first-order valence-corrected chi connectivity index (χ1v) is 35.5. The molecule has 12 atom stereocenters.